The molecular weight excluding hydrogens is 228 g/mol. The molecule has 0 fully saturated rings. The van der Waals surface area contributed by atoms with Crippen molar-refractivity contribution in [2.75, 3.05) is 33.7 Å². The van der Waals surface area contributed by atoms with Crippen molar-refractivity contribution in [2.24, 2.45) is 5.92 Å². The van der Waals surface area contributed by atoms with Gasteiger partial charge in [-0.15, -0.1) is 0 Å². The quantitative estimate of drug-likeness (QED) is 0.664. The van der Waals surface area contributed by atoms with E-state index in [9.17, 15) is 4.79 Å². The van der Waals surface area contributed by atoms with Crippen LogP contribution in [0.5, 0.6) is 0 Å². The molecule has 0 radical (unpaired) electrons. The highest BCUT2D eigenvalue weighted by Crippen LogP contribution is 2.10. The van der Waals surface area contributed by atoms with Gasteiger partial charge in [0.25, 0.3) is 0 Å². The Labute approximate surface area is 110 Å². The fraction of sp³-hybridized carbons (Fsp3) is 0.643. The summed E-state index contributed by atoms with van der Waals surface area (Å²) in [6, 6.07) is 3.61. The number of carbonyl (C=O) groups is 1. The minimum atomic E-state index is 0.405. The van der Waals surface area contributed by atoms with E-state index in [4.69, 9.17) is 4.42 Å². The number of furan rings is 1. The zero-order valence-corrected chi connectivity index (χ0v) is 11.8. The Bertz CT molecular complexity index is 358. The van der Waals surface area contributed by atoms with Crippen molar-refractivity contribution >= 4 is 6.29 Å². The van der Waals surface area contributed by atoms with Crippen LogP contribution in [0.25, 0.3) is 0 Å². The van der Waals surface area contributed by atoms with Gasteiger partial charge in [-0.1, -0.05) is 13.8 Å². The molecule has 0 aliphatic heterocycles. The molecule has 0 N–H and O–H groups in total. The number of carbonyl (C=O) groups excluding carboxylic acids is 1. The summed E-state index contributed by atoms with van der Waals surface area (Å²) < 4.78 is 5.43. The largest absolute Gasteiger partial charge is 0.457 e. The fourth-order valence-corrected chi connectivity index (χ4v) is 1.86. The van der Waals surface area contributed by atoms with E-state index in [1.165, 1.54) is 0 Å². The minimum absolute atomic E-state index is 0.405. The number of hydrogen-bond acceptors (Lipinski definition) is 4. The van der Waals surface area contributed by atoms with Crippen molar-refractivity contribution < 1.29 is 9.21 Å². The lowest BCUT2D eigenvalue weighted by molar-refractivity contribution is 0.109. The topological polar surface area (TPSA) is 36.7 Å². The van der Waals surface area contributed by atoms with Crippen LogP contribution in [-0.2, 0) is 6.54 Å². The third-order valence-corrected chi connectivity index (χ3v) is 2.66. The van der Waals surface area contributed by atoms with Crippen LogP contribution in [0.4, 0.5) is 0 Å². The average molecular weight is 252 g/mol. The van der Waals surface area contributed by atoms with Crippen LogP contribution in [-0.4, -0.2) is 49.8 Å². The Morgan fingerprint density at radius 3 is 2.50 bits per heavy atom. The van der Waals surface area contributed by atoms with Gasteiger partial charge in [0.1, 0.15) is 5.76 Å². The van der Waals surface area contributed by atoms with Crippen LogP contribution in [0.3, 0.4) is 0 Å². The van der Waals surface area contributed by atoms with Crippen LogP contribution in [0.1, 0.15) is 30.2 Å². The highest BCUT2D eigenvalue weighted by molar-refractivity contribution is 5.70. The van der Waals surface area contributed by atoms with Gasteiger partial charge in [-0.2, -0.15) is 0 Å². The lowest BCUT2D eigenvalue weighted by Crippen LogP contribution is -2.33. The van der Waals surface area contributed by atoms with E-state index in [2.05, 4.69) is 37.7 Å². The molecule has 0 aliphatic rings. The molecule has 1 aromatic heterocycles. The Balaban J connectivity index is 2.56. The number of aldehydes is 1. The lowest BCUT2D eigenvalue weighted by Gasteiger charge is -2.24. The minimum Gasteiger partial charge on any atom is -0.457 e. The Morgan fingerprint density at radius 1 is 1.28 bits per heavy atom. The second-order valence-corrected chi connectivity index (χ2v) is 5.35. The summed E-state index contributed by atoms with van der Waals surface area (Å²) in [5.74, 6) is 1.88. The summed E-state index contributed by atoms with van der Waals surface area (Å²) in [4.78, 5) is 15.1. The Hall–Kier alpha value is -1.13. The van der Waals surface area contributed by atoms with E-state index >= 15 is 0 Å². The van der Waals surface area contributed by atoms with E-state index in [0.29, 0.717) is 11.7 Å². The first-order valence-corrected chi connectivity index (χ1v) is 6.42. The fourth-order valence-electron chi connectivity index (χ4n) is 1.86. The molecule has 1 rings (SSSR count). The SMILES string of the molecule is CC(C)CN(CCN(C)C)Cc1ccc(C=O)o1. The maximum atomic E-state index is 10.6. The van der Waals surface area contributed by atoms with Gasteiger partial charge in [0.15, 0.2) is 12.0 Å². The van der Waals surface area contributed by atoms with Crippen LogP contribution >= 0.6 is 0 Å². The summed E-state index contributed by atoms with van der Waals surface area (Å²) in [5, 5.41) is 0. The second-order valence-electron chi connectivity index (χ2n) is 5.35. The highest BCUT2D eigenvalue weighted by atomic mass is 16.3. The van der Waals surface area contributed by atoms with Crippen molar-refractivity contribution in [2.45, 2.75) is 20.4 Å². The predicted molar refractivity (Wildman–Crippen MR) is 72.8 cm³/mol. The molecule has 102 valence electrons. The normalized spacial score (nSPS) is 11.7. The van der Waals surface area contributed by atoms with Crippen LogP contribution < -0.4 is 0 Å². The predicted octanol–water partition coefficient (Wildman–Crippen LogP) is 2.11. The van der Waals surface area contributed by atoms with E-state index in [1.54, 1.807) is 6.07 Å². The van der Waals surface area contributed by atoms with Crippen LogP contribution in [0.2, 0.25) is 0 Å². The van der Waals surface area contributed by atoms with Crippen LogP contribution in [0.15, 0.2) is 16.5 Å². The lowest BCUT2D eigenvalue weighted by atomic mass is 10.2. The Kier molecular flexibility index (Phi) is 6.09. The number of hydrogen-bond donors (Lipinski definition) is 0. The zero-order chi connectivity index (χ0) is 13.5. The van der Waals surface area contributed by atoms with Crippen LogP contribution in [0, 0.1) is 5.92 Å². The number of nitrogens with zero attached hydrogens (tertiary/aromatic N) is 2. The molecule has 0 amide bonds. The van der Waals surface area contributed by atoms with Gasteiger partial charge in [0, 0.05) is 19.6 Å². The van der Waals surface area contributed by atoms with Crippen molar-refractivity contribution in [3.05, 3.63) is 23.7 Å². The van der Waals surface area contributed by atoms with E-state index < -0.39 is 0 Å². The zero-order valence-electron chi connectivity index (χ0n) is 11.8. The molecule has 4 nitrogen and oxygen atoms in total. The van der Waals surface area contributed by atoms with Gasteiger partial charge < -0.3 is 9.32 Å². The van der Waals surface area contributed by atoms with Crippen molar-refractivity contribution in [1.82, 2.24) is 9.80 Å². The molecule has 1 aromatic rings. The smallest absolute Gasteiger partial charge is 0.185 e. The molecule has 18 heavy (non-hydrogen) atoms. The summed E-state index contributed by atoms with van der Waals surface area (Å²) in [5.41, 5.74) is 0. The standard InChI is InChI=1S/C14H24N2O2/c1-12(2)9-16(8-7-15(3)4)10-13-5-6-14(11-17)18-13/h5-6,11-12H,7-10H2,1-4H3. The molecule has 0 spiro atoms. The highest BCUT2D eigenvalue weighted by Gasteiger charge is 2.11. The molecule has 4 heteroatoms. The number of rotatable bonds is 8. The van der Waals surface area contributed by atoms with Gasteiger partial charge in [-0.05, 0) is 32.1 Å². The van der Waals surface area contributed by atoms with Gasteiger partial charge in [-0.25, -0.2) is 0 Å². The van der Waals surface area contributed by atoms with Gasteiger partial charge in [0.05, 0.1) is 6.54 Å². The molecule has 0 saturated carbocycles. The third kappa shape index (κ3) is 5.47. The first-order chi connectivity index (χ1) is 8.51. The average Bonchev–Trinajstić information content (AvgIpc) is 2.73. The molecule has 0 aromatic carbocycles. The monoisotopic (exact) mass is 252 g/mol. The molecule has 0 atom stereocenters. The molecular formula is C14H24N2O2. The summed E-state index contributed by atoms with van der Waals surface area (Å²) >= 11 is 0. The van der Waals surface area contributed by atoms with Crippen molar-refractivity contribution in [3.8, 4) is 0 Å². The van der Waals surface area contributed by atoms with Crippen molar-refractivity contribution in [1.29, 1.82) is 0 Å². The molecule has 0 bridgehead atoms. The first kappa shape index (κ1) is 14.9. The van der Waals surface area contributed by atoms with Crippen molar-refractivity contribution in [3.63, 3.8) is 0 Å². The van der Waals surface area contributed by atoms with E-state index in [0.717, 1.165) is 38.2 Å². The van der Waals surface area contributed by atoms with Gasteiger partial charge in [0.2, 0.25) is 0 Å². The van der Waals surface area contributed by atoms with E-state index in [-0.39, 0.29) is 0 Å². The molecule has 1 heterocycles. The maximum Gasteiger partial charge on any atom is 0.185 e. The maximum absolute atomic E-state index is 10.6. The Morgan fingerprint density at radius 2 is 2.00 bits per heavy atom. The first-order valence-electron chi connectivity index (χ1n) is 6.42. The third-order valence-electron chi connectivity index (χ3n) is 2.66. The second kappa shape index (κ2) is 7.34. The molecule has 0 unspecified atom stereocenters. The van der Waals surface area contributed by atoms with Gasteiger partial charge >= 0.3 is 0 Å². The molecule has 0 aliphatic carbocycles. The summed E-state index contributed by atoms with van der Waals surface area (Å²) in [6.07, 6.45) is 0.746. The summed E-state index contributed by atoms with van der Waals surface area (Å²) in [7, 11) is 4.15. The molecule has 0 saturated heterocycles. The van der Waals surface area contributed by atoms with Gasteiger partial charge in [-0.3, -0.25) is 9.69 Å². The van der Waals surface area contributed by atoms with E-state index in [1.807, 2.05) is 6.07 Å². The summed E-state index contributed by atoms with van der Waals surface area (Å²) in [6.45, 7) is 8.24. The number of likely N-dealkylation sites (N-methyl/N-ethyl adjacent to an activating group) is 1.